The number of carbonyl (C=O) groups is 1. The van der Waals surface area contributed by atoms with Gasteiger partial charge in [-0.2, -0.15) is 0 Å². The van der Waals surface area contributed by atoms with Crippen LogP contribution in [0.2, 0.25) is 5.15 Å². The van der Waals surface area contributed by atoms with Gasteiger partial charge in [-0.15, -0.1) is 0 Å². The van der Waals surface area contributed by atoms with Gasteiger partial charge in [0.25, 0.3) is 5.91 Å². The van der Waals surface area contributed by atoms with Crippen molar-refractivity contribution in [3.05, 3.63) is 93.2 Å². The second-order valence-electron chi connectivity index (χ2n) is 5.87. The number of aromatic nitrogens is 1. The van der Waals surface area contributed by atoms with E-state index in [1.54, 1.807) is 18.3 Å². The van der Waals surface area contributed by atoms with E-state index in [9.17, 15) is 4.79 Å². The Morgan fingerprint density at radius 2 is 1.93 bits per heavy atom. The first-order valence-corrected chi connectivity index (χ1v) is 9.64. The van der Waals surface area contributed by atoms with Crippen molar-refractivity contribution in [1.82, 2.24) is 10.3 Å². The zero-order valence-corrected chi connectivity index (χ0v) is 16.8. The molecule has 0 unspecified atom stereocenters. The zero-order valence-electron chi connectivity index (χ0n) is 14.5. The van der Waals surface area contributed by atoms with Gasteiger partial charge < -0.3 is 10.1 Å². The highest BCUT2D eigenvalue weighted by molar-refractivity contribution is 9.10. The number of halogens is 2. The summed E-state index contributed by atoms with van der Waals surface area (Å²) in [4.78, 5) is 16.2. The number of ether oxygens (including phenoxy) is 1. The molecule has 1 heterocycles. The molecule has 0 radical (unpaired) electrons. The summed E-state index contributed by atoms with van der Waals surface area (Å²) >= 11 is 9.45. The SMILES string of the molecule is O=C(NCCc1cc(Br)ccc1OCc1ccccc1)c1cccnc1Cl. The number of hydrogen-bond acceptors (Lipinski definition) is 3. The Morgan fingerprint density at radius 3 is 2.70 bits per heavy atom. The highest BCUT2D eigenvalue weighted by atomic mass is 79.9. The van der Waals surface area contributed by atoms with Crippen LogP contribution in [-0.4, -0.2) is 17.4 Å². The summed E-state index contributed by atoms with van der Waals surface area (Å²) in [5, 5.41) is 3.07. The molecule has 0 fully saturated rings. The molecular formula is C21H18BrClN2O2. The molecule has 0 saturated heterocycles. The Kier molecular flexibility index (Phi) is 6.85. The average molecular weight is 446 g/mol. The van der Waals surface area contributed by atoms with Crippen LogP contribution in [0.25, 0.3) is 0 Å². The third-order valence-corrected chi connectivity index (χ3v) is 4.74. The fourth-order valence-electron chi connectivity index (χ4n) is 2.58. The van der Waals surface area contributed by atoms with Crippen molar-refractivity contribution in [2.45, 2.75) is 13.0 Å². The summed E-state index contributed by atoms with van der Waals surface area (Å²) in [5.41, 5.74) is 2.48. The molecule has 138 valence electrons. The molecule has 1 aromatic heterocycles. The number of carbonyl (C=O) groups excluding carboxylic acids is 1. The van der Waals surface area contributed by atoms with Crippen LogP contribution in [-0.2, 0) is 13.0 Å². The topological polar surface area (TPSA) is 51.2 Å². The molecule has 0 bridgehead atoms. The lowest BCUT2D eigenvalue weighted by Gasteiger charge is -2.13. The minimum atomic E-state index is -0.241. The highest BCUT2D eigenvalue weighted by Gasteiger charge is 2.11. The normalized spacial score (nSPS) is 10.4. The van der Waals surface area contributed by atoms with Gasteiger partial charge >= 0.3 is 0 Å². The fraction of sp³-hybridized carbons (Fsp3) is 0.143. The van der Waals surface area contributed by atoms with E-state index < -0.39 is 0 Å². The summed E-state index contributed by atoms with van der Waals surface area (Å²) in [6.45, 7) is 0.954. The monoisotopic (exact) mass is 444 g/mol. The van der Waals surface area contributed by atoms with Crippen LogP contribution < -0.4 is 10.1 Å². The third-order valence-electron chi connectivity index (χ3n) is 3.94. The molecule has 2 aromatic carbocycles. The lowest BCUT2D eigenvalue weighted by atomic mass is 10.1. The smallest absolute Gasteiger partial charge is 0.254 e. The predicted octanol–water partition coefficient (Wildman–Crippen LogP) is 5.05. The molecule has 0 saturated carbocycles. The number of amides is 1. The standard InChI is InChI=1S/C21H18BrClN2O2/c22-17-8-9-19(27-14-15-5-2-1-3-6-15)16(13-17)10-12-25-21(26)18-7-4-11-24-20(18)23/h1-9,11,13H,10,12,14H2,(H,25,26). The van der Waals surface area contributed by atoms with Crippen molar-refractivity contribution in [3.63, 3.8) is 0 Å². The molecule has 1 amide bonds. The van der Waals surface area contributed by atoms with Gasteiger partial charge in [0.1, 0.15) is 17.5 Å². The van der Waals surface area contributed by atoms with Gasteiger partial charge in [-0.1, -0.05) is 57.9 Å². The van der Waals surface area contributed by atoms with Gasteiger partial charge in [-0.3, -0.25) is 4.79 Å². The fourth-order valence-corrected chi connectivity index (χ4v) is 3.19. The van der Waals surface area contributed by atoms with Gasteiger partial charge in [0.15, 0.2) is 0 Å². The molecule has 4 nitrogen and oxygen atoms in total. The van der Waals surface area contributed by atoms with Crippen molar-refractivity contribution < 1.29 is 9.53 Å². The number of rotatable bonds is 7. The van der Waals surface area contributed by atoms with E-state index in [1.807, 2.05) is 48.5 Å². The number of nitrogens with one attached hydrogen (secondary N) is 1. The first kappa shape index (κ1) is 19.4. The minimum absolute atomic E-state index is 0.198. The summed E-state index contributed by atoms with van der Waals surface area (Å²) in [5.74, 6) is 0.561. The van der Waals surface area contributed by atoms with E-state index in [0.29, 0.717) is 25.1 Å². The van der Waals surface area contributed by atoms with Crippen LogP contribution in [0.3, 0.4) is 0 Å². The van der Waals surface area contributed by atoms with Crippen molar-refractivity contribution in [3.8, 4) is 5.75 Å². The Hall–Kier alpha value is -2.37. The molecule has 0 aliphatic carbocycles. The summed E-state index contributed by atoms with van der Waals surface area (Å²) in [6.07, 6.45) is 2.18. The minimum Gasteiger partial charge on any atom is -0.489 e. The Balaban J connectivity index is 1.61. The number of hydrogen-bond donors (Lipinski definition) is 1. The molecule has 0 atom stereocenters. The maximum absolute atomic E-state index is 12.2. The molecule has 0 aliphatic heterocycles. The molecule has 0 spiro atoms. The zero-order chi connectivity index (χ0) is 19.1. The Morgan fingerprint density at radius 1 is 1.11 bits per heavy atom. The first-order chi connectivity index (χ1) is 13.1. The van der Waals surface area contributed by atoms with E-state index in [0.717, 1.165) is 21.3 Å². The molecule has 3 rings (SSSR count). The van der Waals surface area contributed by atoms with E-state index >= 15 is 0 Å². The van der Waals surface area contributed by atoms with Crippen LogP contribution in [0.4, 0.5) is 0 Å². The van der Waals surface area contributed by atoms with E-state index in [4.69, 9.17) is 16.3 Å². The molecule has 3 aromatic rings. The lowest BCUT2D eigenvalue weighted by Crippen LogP contribution is -2.26. The molecule has 27 heavy (non-hydrogen) atoms. The molecule has 0 aliphatic rings. The Labute approximate surface area is 171 Å². The van der Waals surface area contributed by atoms with Crippen LogP contribution >= 0.6 is 27.5 Å². The maximum atomic E-state index is 12.2. The quantitative estimate of drug-likeness (QED) is 0.518. The van der Waals surface area contributed by atoms with Gasteiger partial charge in [0.05, 0.1) is 5.56 Å². The molecular weight excluding hydrogens is 428 g/mol. The maximum Gasteiger partial charge on any atom is 0.254 e. The van der Waals surface area contributed by atoms with Crippen LogP contribution in [0.5, 0.6) is 5.75 Å². The second-order valence-corrected chi connectivity index (χ2v) is 7.15. The van der Waals surface area contributed by atoms with E-state index in [-0.39, 0.29) is 11.1 Å². The lowest BCUT2D eigenvalue weighted by molar-refractivity contribution is 0.0954. The summed E-state index contributed by atoms with van der Waals surface area (Å²) in [6, 6.07) is 19.2. The van der Waals surface area contributed by atoms with Crippen LogP contribution in [0, 0.1) is 0 Å². The highest BCUT2D eigenvalue weighted by Crippen LogP contribution is 2.24. The van der Waals surface area contributed by atoms with Crippen molar-refractivity contribution in [2.24, 2.45) is 0 Å². The van der Waals surface area contributed by atoms with Gasteiger partial charge in [-0.05, 0) is 47.9 Å². The first-order valence-electron chi connectivity index (χ1n) is 8.47. The van der Waals surface area contributed by atoms with E-state index in [2.05, 4.69) is 26.2 Å². The largest absolute Gasteiger partial charge is 0.489 e. The number of nitrogens with zero attached hydrogens (tertiary/aromatic N) is 1. The molecule has 1 N–H and O–H groups in total. The number of pyridine rings is 1. The predicted molar refractivity (Wildman–Crippen MR) is 110 cm³/mol. The Bertz CT molecular complexity index is 919. The second kappa shape index (κ2) is 9.53. The van der Waals surface area contributed by atoms with Gasteiger partial charge in [0.2, 0.25) is 0 Å². The van der Waals surface area contributed by atoms with Crippen molar-refractivity contribution in [2.75, 3.05) is 6.54 Å². The van der Waals surface area contributed by atoms with Gasteiger partial charge in [0, 0.05) is 17.2 Å². The average Bonchev–Trinajstić information content (AvgIpc) is 2.68. The van der Waals surface area contributed by atoms with Crippen LogP contribution in [0.1, 0.15) is 21.5 Å². The molecule has 6 heteroatoms. The number of benzene rings is 2. The van der Waals surface area contributed by atoms with Crippen molar-refractivity contribution >= 4 is 33.4 Å². The van der Waals surface area contributed by atoms with Crippen molar-refractivity contribution in [1.29, 1.82) is 0 Å². The summed E-state index contributed by atoms with van der Waals surface area (Å²) < 4.78 is 6.94. The third kappa shape index (κ3) is 5.55. The summed E-state index contributed by atoms with van der Waals surface area (Å²) in [7, 11) is 0. The van der Waals surface area contributed by atoms with Crippen LogP contribution in [0.15, 0.2) is 71.3 Å². The van der Waals surface area contributed by atoms with Gasteiger partial charge in [-0.25, -0.2) is 4.98 Å². The van der Waals surface area contributed by atoms with E-state index in [1.165, 1.54) is 0 Å².